The lowest BCUT2D eigenvalue weighted by molar-refractivity contribution is -0.116. The van der Waals surface area contributed by atoms with Crippen molar-refractivity contribution in [2.45, 2.75) is 12.3 Å². The zero-order valence-corrected chi connectivity index (χ0v) is 13.2. The van der Waals surface area contributed by atoms with Crippen LogP contribution in [0.1, 0.15) is 23.6 Å². The van der Waals surface area contributed by atoms with E-state index < -0.39 is 5.82 Å². The lowest BCUT2D eigenvalue weighted by atomic mass is 9.91. The summed E-state index contributed by atoms with van der Waals surface area (Å²) < 4.78 is 15.1. The number of pyridine rings is 1. The number of hydrogen-bond acceptors (Lipinski definition) is 3. The highest BCUT2D eigenvalue weighted by molar-refractivity contribution is 6.30. The van der Waals surface area contributed by atoms with Crippen LogP contribution in [0.5, 0.6) is 0 Å². The molecule has 2 aromatic heterocycles. The van der Waals surface area contributed by atoms with E-state index in [1.165, 1.54) is 12.1 Å². The van der Waals surface area contributed by atoms with E-state index in [2.05, 4.69) is 15.3 Å². The summed E-state index contributed by atoms with van der Waals surface area (Å²) in [7, 11) is 0. The Morgan fingerprint density at radius 3 is 2.96 bits per heavy atom. The third-order valence-corrected chi connectivity index (χ3v) is 4.33. The van der Waals surface area contributed by atoms with Gasteiger partial charge in [0.05, 0.1) is 16.4 Å². The summed E-state index contributed by atoms with van der Waals surface area (Å²) in [6.07, 6.45) is 5.33. The zero-order valence-electron chi connectivity index (χ0n) is 12.4. The van der Waals surface area contributed by atoms with Gasteiger partial charge in [0.2, 0.25) is 5.91 Å². The van der Waals surface area contributed by atoms with Crippen LogP contribution in [0.25, 0.3) is 5.69 Å². The fourth-order valence-electron chi connectivity index (χ4n) is 2.90. The molecule has 0 aliphatic carbocycles. The number of amides is 1. The lowest BCUT2D eigenvalue weighted by Gasteiger charge is -2.23. The number of imidazole rings is 1. The molecule has 120 valence electrons. The Morgan fingerprint density at radius 2 is 2.21 bits per heavy atom. The molecule has 0 unspecified atom stereocenters. The van der Waals surface area contributed by atoms with Crippen LogP contribution in [-0.2, 0) is 4.79 Å². The Morgan fingerprint density at radius 1 is 1.33 bits per heavy atom. The highest BCUT2D eigenvalue weighted by Crippen LogP contribution is 2.37. The van der Waals surface area contributed by atoms with Crippen LogP contribution < -0.4 is 5.32 Å². The fourth-order valence-corrected chi connectivity index (χ4v) is 3.07. The van der Waals surface area contributed by atoms with Gasteiger partial charge < -0.3 is 5.32 Å². The largest absolute Gasteiger partial charge is 0.310 e. The summed E-state index contributed by atoms with van der Waals surface area (Å²) >= 11 is 5.86. The Kier molecular flexibility index (Phi) is 3.54. The molecule has 0 spiro atoms. The molecule has 1 aliphatic heterocycles. The van der Waals surface area contributed by atoms with E-state index in [1.54, 1.807) is 29.4 Å². The van der Waals surface area contributed by atoms with Gasteiger partial charge in [-0.25, -0.2) is 9.37 Å². The van der Waals surface area contributed by atoms with Crippen LogP contribution in [0.3, 0.4) is 0 Å². The number of carbonyl (C=O) groups excluding carboxylic acids is 1. The van der Waals surface area contributed by atoms with Gasteiger partial charge in [-0.05, 0) is 29.8 Å². The number of benzene rings is 1. The number of halogens is 2. The number of fused-ring (bicyclic) bond motifs is 1. The summed E-state index contributed by atoms with van der Waals surface area (Å²) in [5.74, 6) is -0.194. The minimum Gasteiger partial charge on any atom is -0.310 e. The molecule has 5 nitrogen and oxygen atoms in total. The number of rotatable bonds is 2. The normalized spacial score (nSPS) is 16.6. The first-order valence-corrected chi connectivity index (χ1v) is 7.73. The Hall–Kier alpha value is -2.73. The average Bonchev–Trinajstić information content (AvgIpc) is 3.01. The smallest absolute Gasteiger partial charge is 0.226 e. The second kappa shape index (κ2) is 5.72. The highest BCUT2D eigenvalue weighted by atomic mass is 35.5. The standard InChI is InChI=1S/C17H12ClFN4O/c18-13-6-11(3-4-14(13)19)23-9-21-16-12(7-15(24)22-17(16)23)10-2-1-5-20-8-10/h1-6,8-9,12H,7H2,(H,22,24)/t12-/m0/s1. The van der Waals surface area contributed by atoms with Crippen LogP contribution in [0, 0.1) is 5.82 Å². The minimum absolute atomic E-state index is 0.0147. The van der Waals surface area contributed by atoms with Crippen molar-refractivity contribution >= 4 is 23.3 Å². The molecule has 0 saturated heterocycles. The summed E-state index contributed by atoms with van der Waals surface area (Å²) in [4.78, 5) is 20.7. The molecule has 1 N–H and O–H groups in total. The Balaban J connectivity index is 1.83. The first kappa shape index (κ1) is 14.8. The number of anilines is 1. The minimum atomic E-state index is -0.494. The van der Waals surface area contributed by atoms with Crippen LogP contribution in [-0.4, -0.2) is 20.4 Å². The second-order valence-corrected chi connectivity index (χ2v) is 5.95. The fraction of sp³-hybridized carbons (Fsp3) is 0.118. The number of carbonyl (C=O) groups is 1. The van der Waals surface area contributed by atoms with Crippen molar-refractivity contribution in [3.63, 3.8) is 0 Å². The molecule has 0 radical (unpaired) electrons. The maximum Gasteiger partial charge on any atom is 0.226 e. The van der Waals surface area contributed by atoms with Crippen LogP contribution in [0.15, 0.2) is 49.1 Å². The van der Waals surface area contributed by atoms with E-state index in [1.807, 2.05) is 12.1 Å². The zero-order chi connectivity index (χ0) is 16.7. The molecule has 1 amide bonds. The van der Waals surface area contributed by atoms with Gasteiger partial charge >= 0.3 is 0 Å². The summed E-state index contributed by atoms with van der Waals surface area (Å²) in [6, 6.07) is 8.13. The quantitative estimate of drug-likeness (QED) is 0.775. The van der Waals surface area contributed by atoms with Gasteiger partial charge in [-0.15, -0.1) is 0 Å². The third kappa shape index (κ3) is 2.45. The molecule has 7 heteroatoms. The molecule has 1 aliphatic rings. The molecule has 24 heavy (non-hydrogen) atoms. The molecular formula is C17H12ClFN4O. The summed E-state index contributed by atoms with van der Waals surface area (Å²) in [5, 5.41) is 2.86. The van der Waals surface area contributed by atoms with Crippen molar-refractivity contribution in [3.8, 4) is 5.69 Å². The van der Waals surface area contributed by atoms with Gasteiger partial charge in [-0.3, -0.25) is 14.3 Å². The predicted octanol–water partition coefficient (Wildman–Crippen LogP) is 3.53. The number of hydrogen-bond donors (Lipinski definition) is 1. The molecular weight excluding hydrogens is 331 g/mol. The predicted molar refractivity (Wildman–Crippen MR) is 87.9 cm³/mol. The van der Waals surface area contributed by atoms with Crippen molar-refractivity contribution in [2.75, 3.05) is 5.32 Å². The van der Waals surface area contributed by atoms with Gasteiger partial charge in [0, 0.05) is 24.7 Å². The SMILES string of the molecule is O=C1C[C@@H](c2cccnc2)c2ncn(-c3ccc(F)c(Cl)c3)c2N1. The molecule has 4 rings (SSSR count). The topological polar surface area (TPSA) is 59.8 Å². The van der Waals surface area contributed by atoms with Gasteiger partial charge in [-0.1, -0.05) is 17.7 Å². The Bertz CT molecular complexity index is 926. The van der Waals surface area contributed by atoms with Crippen molar-refractivity contribution in [2.24, 2.45) is 0 Å². The number of aromatic nitrogens is 3. The molecule has 0 bridgehead atoms. The van der Waals surface area contributed by atoms with E-state index in [4.69, 9.17) is 11.6 Å². The molecule has 3 heterocycles. The lowest BCUT2D eigenvalue weighted by Crippen LogP contribution is -2.25. The van der Waals surface area contributed by atoms with Crippen molar-refractivity contribution in [1.82, 2.24) is 14.5 Å². The molecule has 0 saturated carbocycles. The van der Waals surface area contributed by atoms with Gasteiger partial charge in [0.1, 0.15) is 18.0 Å². The van der Waals surface area contributed by atoms with Crippen molar-refractivity contribution in [3.05, 3.63) is 71.2 Å². The average molecular weight is 343 g/mol. The third-order valence-electron chi connectivity index (χ3n) is 4.04. The first-order chi connectivity index (χ1) is 11.6. The van der Waals surface area contributed by atoms with Crippen molar-refractivity contribution < 1.29 is 9.18 Å². The van der Waals surface area contributed by atoms with E-state index in [0.29, 0.717) is 17.9 Å². The van der Waals surface area contributed by atoms with Gasteiger partial charge in [0.25, 0.3) is 0 Å². The molecule has 0 fully saturated rings. The highest BCUT2D eigenvalue weighted by Gasteiger charge is 2.31. The number of nitrogens with one attached hydrogen (secondary N) is 1. The first-order valence-electron chi connectivity index (χ1n) is 7.36. The van der Waals surface area contributed by atoms with Crippen LogP contribution in [0.4, 0.5) is 10.2 Å². The van der Waals surface area contributed by atoms with Crippen molar-refractivity contribution in [1.29, 1.82) is 0 Å². The molecule has 3 aromatic rings. The van der Waals surface area contributed by atoms with E-state index in [9.17, 15) is 9.18 Å². The Labute approximate surface area is 142 Å². The van der Waals surface area contributed by atoms with Gasteiger partial charge in [0.15, 0.2) is 0 Å². The monoisotopic (exact) mass is 342 g/mol. The van der Waals surface area contributed by atoms with Gasteiger partial charge in [-0.2, -0.15) is 0 Å². The summed E-state index contributed by atoms with van der Waals surface area (Å²) in [5.41, 5.74) is 2.31. The van der Waals surface area contributed by atoms with E-state index in [-0.39, 0.29) is 16.8 Å². The molecule has 1 atom stereocenters. The van der Waals surface area contributed by atoms with Crippen LogP contribution in [0.2, 0.25) is 5.02 Å². The maximum absolute atomic E-state index is 13.4. The number of nitrogens with zero attached hydrogens (tertiary/aromatic N) is 3. The van der Waals surface area contributed by atoms with E-state index >= 15 is 0 Å². The van der Waals surface area contributed by atoms with E-state index in [0.717, 1.165) is 11.3 Å². The second-order valence-electron chi connectivity index (χ2n) is 5.54. The molecule has 1 aromatic carbocycles. The maximum atomic E-state index is 13.4. The summed E-state index contributed by atoms with van der Waals surface area (Å²) in [6.45, 7) is 0. The van der Waals surface area contributed by atoms with Crippen LogP contribution >= 0.6 is 11.6 Å².